The molecule has 0 radical (unpaired) electrons. The molecule has 4 heteroatoms. The Morgan fingerprint density at radius 2 is 2.38 bits per heavy atom. The van der Waals surface area contributed by atoms with E-state index in [2.05, 4.69) is 9.88 Å². The van der Waals surface area contributed by atoms with Crippen molar-refractivity contribution in [3.05, 3.63) is 29.8 Å². The van der Waals surface area contributed by atoms with Gasteiger partial charge in [0.1, 0.15) is 5.82 Å². The molecule has 0 amide bonds. The van der Waals surface area contributed by atoms with E-state index in [1.54, 1.807) is 12.3 Å². The maximum absolute atomic E-state index is 13.0. The van der Waals surface area contributed by atoms with Gasteiger partial charge in [-0.3, -0.25) is 9.88 Å². The van der Waals surface area contributed by atoms with E-state index in [9.17, 15) is 4.39 Å². The van der Waals surface area contributed by atoms with E-state index in [-0.39, 0.29) is 5.82 Å². The van der Waals surface area contributed by atoms with Crippen LogP contribution in [0.2, 0.25) is 0 Å². The lowest BCUT2D eigenvalue weighted by molar-refractivity contribution is 0.178. The fourth-order valence-electron chi connectivity index (χ4n) is 2.22. The lowest BCUT2D eigenvalue weighted by Gasteiger charge is -2.31. The summed E-state index contributed by atoms with van der Waals surface area (Å²) < 4.78 is 13.0. The second kappa shape index (κ2) is 5.60. The quantitative estimate of drug-likeness (QED) is 0.758. The predicted octanol–water partition coefficient (Wildman–Crippen LogP) is 2.67. The van der Waals surface area contributed by atoms with E-state index in [1.165, 1.54) is 19.0 Å². The summed E-state index contributed by atoms with van der Waals surface area (Å²) in [6, 6.07) is 1.55. The Hall–Kier alpha value is -0.670. The molecule has 1 atom stereocenters. The second-order valence-electron chi connectivity index (χ2n) is 4.41. The Labute approximate surface area is 100 Å². The number of hydrogen-bond acceptors (Lipinski definition) is 2. The number of hydrogen-bond donors (Lipinski definition) is 0. The highest BCUT2D eigenvalue weighted by atomic mass is 35.5. The maximum Gasteiger partial charge on any atom is 0.141 e. The Morgan fingerprint density at radius 1 is 1.50 bits per heavy atom. The van der Waals surface area contributed by atoms with Crippen LogP contribution in [0.25, 0.3) is 0 Å². The van der Waals surface area contributed by atoms with Gasteiger partial charge in [-0.05, 0) is 36.9 Å². The fourth-order valence-corrected chi connectivity index (χ4v) is 2.47. The molecule has 1 aliphatic rings. The zero-order valence-corrected chi connectivity index (χ0v) is 9.96. The van der Waals surface area contributed by atoms with Crippen molar-refractivity contribution in [1.29, 1.82) is 0 Å². The lowest BCUT2D eigenvalue weighted by Crippen LogP contribution is -2.35. The number of alkyl halides is 1. The second-order valence-corrected chi connectivity index (χ2v) is 4.72. The van der Waals surface area contributed by atoms with Gasteiger partial charge < -0.3 is 0 Å². The fraction of sp³-hybridized carbons (Fsp3) is 0.583. The van der Waals surface area contributed by atoms with Crippen molar-refractivity contribution in [3.63, 3.8) is 0 Å². The van der Waals surface area contributed by atoms with Crippen LogP contribution in [0.3, 0.4) is 0 Å². The summed E-state index contributed by atoms with van der Waals surface area (Å²) in [5.74, 6) is 1.04. The van der Waals surface area contributed by atoms with Gasteiger partial charge in [-0.1, -0.05) is 0 Å². The Morgan fingerprint density at radius 3 is 3.12 bits per heavy atom. The van der Waals surface area contributed by atoms with Crippen molar-refractivity contribution < 1.29 is 4.39 Å². The molecule has 1 aliphatic heterocycles. The van der Waals surface area contributed by atoms with Crippen LogP contribution in [0.5, 0.6) is 0 Å². The van der Waals surface area contributed by atoms with Gasteiger partial charge in [0.15, 0.2) is 0 Å². The SMILES string of the molecule is Fc1cncc(CN2CCCC(CCl)C2)c1. The third-order valence-electron chi connectivity index (χ3n) is 2.99. The average molecular weight is 243 g/mol. The van der Waals surface area contributed by atoms with E-state index >= 15 is 0 Å². The van der Waals surface area contributed by atoms with Crippen molar-refractivity contribution in [1.82, 2.24) is 9.88 Å². The zero-order valence-electron chi connectivity index (χ0n) is 9.20. The minimum atomic E-state index is -0.261. The molecule has 1 aromatic heterocycles. The van der Waals surface area contributed by atoms with Gasteiger partial charge in [0.25, 0.3) is 0 Å². The summed E-state index contributed by atoms with van der Waals surface area (Å²) >= 11 is 5.87. The van der Waals surface area contributed by atoms with Gasteiger partial charge in [-0.2, -0.15) is 0 Å². The van der Waals surface area contributed by atoms with Crippen LogP contribution < -0.4 is 0 Å². The first-order chi connectivity index (χ1) is 7.78. The largest absolute Gasteiger partial charge is 0.299 e. The van der Waals surface area contributed by atoms with Crippen molar-refractivity contribution >= 4 is 11.6 Å². The normalized spacial score (nSPS) is 22.2. The van der Waals surface area contributed by atoms with E-state index in [0.29, 0.717) is 5.92 Å². The Balaban J connectivity index is 1.94. The zero-order chi connectivity index (χ0) is 11.4. The Bertz CT molecular complexity index is 346. The predicted molar refractivity (Wildman–Crippen MR) is 62.9 cm³/mol. The molecule has 0 saturated carbocycles. The number of rotatable bonds is 3. The minimum Gasteiger partial charge on any atom is -0.299 e. The van der Waals surface area contributed by atoms with Crippen LogP contribution in [-0.2, 0) is 6.54 Å². The molecular weight excluding hydrogens is 227 g/mol. The summed E-state index contributed by atoms with van der Waals surface area (Å²) in [6.07, 6.45) is 5.36. The van der Waals surface area contributed by atoms with Crippen molar-refractivity contribution in [2.45, 2.75) is 19.4 Å². The lowest BCUT2D eigenvalue weighted by atomic mass is 10.00. The van der Waals surface area contributed by atoms with E-state index in [4.69, 9.17) is 11.6 Å². The molecular formula is C12H16ClFN2. The monoisotopic (exact) mass is 242 g/mol. The van der Waals surface area contributed by atoms with Crippen LogP contribution in [-0.4, -0.2) is 28.9 Å². The van der Waals surface area contributed by atoms with Crippen LogP contribution in [0, 0.1) is 11.7 Å². The minimum absolute atomic E-state index is 0.261. The number of pyridine rings is 1. The van der Waals surface area contributed by atoms with E-state index < -0.39 is 0 Å². The van der Waals surface area contributed by atoms with Crippen LogP contribution in [0.4, 0.5) is 4.39 Å². The third-order valence-corrected chi connectivity index (χ3v) is 3.43. The first-order valence-corrected chi connectivity index (χ1v) is 6.19. The highest BCUT2D eigenvalue weighted by Gasteiger charge is 2.19. The molecule has 1 aromatic rings. The summed E-state index contributed by atoms with van der Waals surface area (Å²) in [7, 11) is 0. The average Bonchev–Trinajstić information content (AvgIpc) is 2.29. The number of halogens is 2. The van der Waals surface area contributed by atoms with Crippen molar-refractivity contribution in [2.75, 3.05) is 19.0 Å². The first kappa shape index (κ1) is 11.8. The Kier molecular flexibility index (Phi) is 4.13. The van der Waals surface area contributed by atoms with Gasteiger partial charge >= 0.3 is 0 Å². The van der Waals surface area contributed by atoms with E-state index in [1.807, 2.05) is 0 Å². The maximum atomic E-state index is 13.0. The highest BCUT2D eigenvalue weighted by Crippen LogP contribution is 2.19. The van der Waals surface area contributed by atoms with Gasteiger partial charge in [0.05, 0.1) is 6.20 Å². The molecule has 88 valence electrons. The molecule has 16 heavy (non-hydrogen) atoms. The van der Waals surface area contributed by atoms with Gasteiger partial charge in [-0.25, -0.2) is 4.39 Å². The molecule has 2 nitrogen and oxygen atoms in total. The number of aromatic nitrogens is 1. The number of piperidine rings is 1. The summed E-state index contributed by atoms with van der Waals surface area (Å²) in [5.41, 5.74) is 0.940. The van der Waals surface area contributed by atoms with Crippen molar-refractivity contribution in [2.24, 2.45) is 5.92 Å². The molecule has 0 spiro atoms. The molecule has 0 aliphatic carbocycles. The first-order valence-electron chi connectivity index (χ1n) is 5.65. The number of nitrogens with zero attached hydrogens (tertiary/aromatic N) is 2. The smallest absolute Gasteiger partial charge is 0.141 e. The molecule has 1 unspecified atom stereocenters. The topological polar surface area (TPSA) is 16.1 Å². The van der Waals surface area contributed by atoms with Crippen LogP contribution in [0.15, 0.2) is 18.5 Å². The number of likely N-dealkylation sites (tertiary alicyclic amines) is 1. The summed E-state index contributed by atoms with van der Waals surface area (Å²) in [5, 5.41) is 0. The summed E-state index contributed by atoms with van der Waals surface area (Å²) in [4.78, 5) is 6.19. The van der Waals surface area contributed by atoms with Gasteiger partial charge in [0.2, 0.25) is 0 Å². The summed E-state index contributed by atoms with van der Waals surface area (Å²) in [6.45, 7) is 2.86. The van der Waals surface area contributed by atoms with Crippen LogP contribution >= 0.6 is 11.6 Å². The molecule has 1 saturated heterocycles. The van der Waals surface area contributed by atoms with Gasteiger partial charge in [-0.15, -0.1) is 11.6 Å². The standard InChI is InChI=1S/C12H16ClFN2/c13-5-10-2-1-3-16(8-10)9-11-4-12(14)7-15-6-11/h4,6-7,10H,1-3,5,8-9H2. The molecule has 1 fully saturated rings. The molecule has 0 bridgehead atoms. The molecule has 2 rings (SSSR count). The van der Waals surface area contributed by atoms with Crippen molar-refractivity contribution in [3.8, 4) is 0 Å². The van der Waals surface area contributed by atoms with E-state index in [0.717, 1.165) is 31.1 Å². The molecule has 2 heterocycles. The third kappa shape index (κ3) is 3.16. The molecule has 0 aromatic carbocycles. The highest BCUT2D eigenvalue weighted by molar-refractivity contribution is 6.18. The van der Waals surface area contributed by atoms with Crippen LogP contribution in [0.1, 0.15) is 18.4 Å². The van der Waals surface area contributed by atoms with Gasteiger partial charge in [0, 0.05) is 25.2 Å². The molecule has 0 N–H and O–H groups in total.